The van der Waals surface area contributed by atoms with E-state index in [-0.39, 0.29) is 0 Å². The summed E-state index contributed by atoms with van der Waals surface area (Å²) < 4.78 is 5.83. The first-order valence-corrected chi connectivity index (χ1v) is 5.57. The van der Waals surface area contributed by atoms with Crippen molar-refractivity contribution in [1.82, 2.24) is 9.97 Å². The maximum absolute atomic E-state index is 5.69. The summed E-state index contributed by atoms with van der Waals surface area (Å²) in [6.45, 7) is 0. The number of aromatic nitrogens is 2. The maximum atomic E-state index is 5.69. The first-order valence-electron chi connectivity index (χ1n) is 4.77. The van der Waals surface area contributed by atoms with Gasteiger partial charge >= 0.3 is 0 Å². The molecule has 1 aromatic heterocycles. The van der Waals surface area contributed by atoms with E-state index in [1.54, 1.807) is 13.3 Å². The molecule has 0 bridgehead atoms. The molecule has 15 heavy (non-hydrogen) atoms. The van der Waals surface area contributed by atoms with Gasteiger partial charge in [0.1, 0.15) is 0 Å². The summed E-state index contributed by atoms with van der Waals surface area (Å²) in [5.41, 5.74) is 5.69. The molecule has 1 fully saturated rings. The molecule has 1 aromatic rings. The Morgan fingerprint density at radius 1 is 1.60 bits per heavy atom. The highest BCUT2D eigenvalue weighted by atomic mass is 79.9. The number of methoxy groups -OCH3 is 1. The highest BCUT2D eigenvalue weighted by molar-refractivity contribution is 9.10. The smallest absolute Gasteiger partial charge is 0.232 e. The normalized spacial score (nSPS) is 24.5. The zero-order chi connectivity index (χ0) is 10.8. The Balaban J connectivity index is 2.02. The summed E-state index contributed by atoms with van der Waals surface area (Å²) in [5.74, 6) is 1.13. The minimum absolute atomic E-state index is 0.319. The molecule has 0 aliphatic heterocycles. The zero-order valence-corrected chi connectivity index (χ0v) is 9.99. The Labute approximate surface area is 96.6 Å². The number of nitrogens with zero attached hydrogens (tertiary/aromatic N) is 2. The number of hydrogen-bond acceptors (Lipinski definition) is 5. The lowest BCUT2D eigenvalue weighted by molar-refractivity contribution is 0.369. The molecule has 1 aliphatic carbocycles. The lowest BCUT2D eigenvalue weighted by Gasteiger charge is -2.32. The second-order valence-corrected chi connectivity index (χ2v) is 4.48. The van der Waals surface area contributed by atoms with Crippen LogP contribution in [0.1, 0.15) is 12.8 Å². The molecule has 5 nitrogen and oxygen atoms in total. The summed E-state index contributed by atoms with van der Waals surface area (Å²) >= 11 is 3.30. The van der Waals surface area contributed by atoms with E-state index in [9.17, 15) is 0 Å². The van der Waals surface area contributed by atoms with Crippen molar-refractivity contribution >= 4 is 21.9 Å². The van der Waals surface area contributed by atoms with E-state index >= 15 is 0 Å². The van der Waals surface area contributed by atoms with Gasteiger partial charge in [-0.1, -0.05) is 0 Å². The summed E-state index contributed by atoms with van der Waals surface area (Å²) in [4.78, 5) is 8.35. The van der Waals surface area contributed by atoms with Gasteiger partial charge in [-0.25, -0.2) is 4.98 Å². The van der Waals surface area contributed by atoms with Gasteiger partial charge in [0, 0.05) is 12.1 Å². The van der Waals surface area contributed by atoms with Gasteiger partial charge in [-0.05, 0) is 28.8 Å². The highest BCUT2D eigenvalue weighted by Crippen LogP contribution is 2.25. The van der Waals surface area contributed by atoms with E-state index in [1.165, 1.54) is 0 Å². The molecule has 2 rings (SSSR count). The van der Waals surface area contributed by atoms with Crippen LogP contribution in [0.15, 0.2) is 10.7 Å². The van der Waals surface area contributed by atoms with Gasteiger partial charge in [-0.15, -0.1) is 0 Å². The number of ether oxygens (including phenoxy) is 1. The van der Waals surface area contributed by atoms with Crippen LogP contribution in [0.4, 0.5) is 5.95 Å². The molecule has 1 aliphatic rings. The first-order chi connectivity index (χ1) is 7.19. The molecule has 3 N–H and O–H groups in total. The lowest BCUT2D eigenvalue weighted by Crippen LogP contribution is -2.44. The van der Waals surface area contributed by atoms with Crippen LogP contribution in [0, 0.1) is 0 Å². The SMILES string of the molecule is COc1nc(NC2CC(N)C2)ncc1Br. The fourth-order valence-electron chi connectivity index (χ4n) is 1.53. The third-order valence-electron chi connectivity index (χ3n) is 2.41. The number of rotatable bonds is 3. The van der Waals surface area contributed by atoms with Crippen molar-refractivity contribution in [3.63, 3.8) is 0 Å². The second-order valence-electron chi connectivity index (χ2n) is 3.62. The Hall–Kier alpha value is -0.880. The van der Waals surface area contributed by atoms with Crippen molar-refractivity contribution < 1.29 is 4.74 Å². The standard InChI is InChI=1S/C9H13BrN4O/c1-15-8-7(10)4-12-9(14-8)13-6-2-5(11)3-6/h4-6H,2-3,11H2,1H3,(H,12,13,14). The highest BCUT2D eigenvalue weighted by Gasteiger charge is 2.26. The van der Waals surface area contributed by atoms with Gasteiger partial charge in [0.2, 0.25) is 11.8 Å². The van der Waals surface area contributed by atoms with Crippen molar-refractivity contribution in [2.75, 3.05) is 12.4 Å². The maximum Gasteiger partial charge on any atom is 0.232 e. The number of hydrogen-bond donors (Lipinski definition) is 2. The molecule has 6 heteroatoms. The van der Waals surface area contributed by atoms with E-state index in [0.29, 0.717) is 23.9 Å². The van der Waals surface area contributed by atoms with Crippen LogP contribution in [-0.4, -0.2) is 29.2 Å². The Morgan fingerprint density at radius 2 is 2.33 bits per heavy atom. The van der Waals surface area contributed by atoms with Crippen LogP contribution >= 0.6 is 15.9 Å². The summed E-state index contributed by atoms with van der Waals surface area (Å²) in [6.07, 6.45) is 3.62. The van der Waals surface area contributed by atoms with Gasteiger partial charge in [0.15, 0.2) is 0 Å². The Bertz CT molecular complexity index is 354. The van der Waals surface area contributed by atoms with Gasteiger partial charge < -0.3 is 15.8 Å². The largest absolute Gasteiger partial charge is 0.480 e. The third-order valence-corrected chi connectivity index (χ3v) is 2.96. The summed E-state index contributed by atoms with van der Waals surface area (Å²) in [5, 5.41) is 3.21. The predicted molar refractivity (Wildman–Crippen MR) is 60.9 cm³/mol. The summed E-state index contributed by atoms with van der Waals surface area (Å²) in [6, 6.07) is 0.714. The fourth-order valence-corrected chi connectivity index (χ4v) is 1.88. The molecule has 1 heterocycles. The van der Waals surface area contributed by atoms with Crippen molar-refractivity contribution in [2.45, 2.75) is 24.9 Å². The van der Waals surface area contributed by atoms with Crippen LogP contribution in [0.3, 0.4) is 0 Å². The summed E-state index contributed by atoms with van der Waals surface area (Å²) in [7, 11) is 1.58. The molecule has 82 valence electrons. The van der Waals surface area contributed by atoms with Crippen LogP contribution in [0.25, 0.3) is 0 Å². The van der Waals surface area contributed by atoms with E-state index < -0.39 is 0 Å². The van der Waals surface area contributed by atoms with Crippen molar-refractivity contribution in [2.24, 2.45) is 5.73 Å². The van der Waals surface area contributed by atoms with Crippen molar-refractivity contribution in [3.05, 3.63) is 10.7 Å². The van der Waals surface area contributed by atoms with Crippen LogP contribution in [-0.2, 0) is 0 Å². The number of halogens is 1. The van der Waals surface area contributed by atoms with Gasteiger partial charge in [-0.3, -0.25) is 0 Å². The molecular formula is C9H13BrN4O. The first kappa shape index (κ1) is 10.6. The van der Waals surface area contributed by atoms with Crippen LogP contribution < -0.4 is 15.8 Å². The fraction of sp³-hybridized carbons (Fsp3) is 0.556. The molecule has 1 saturated carbocycles. The van der Waals surface area contributed by atoms with Crippen LogP contribution in [0.5, 0.6) is 5.88 Å². The molecule has 0 saturated heterocycles. The lowest BCUT2D eigenvalue weighted by atomic mass is 9.88. The van der Waals surface area contributed by atoms with Gasteiger partial charge in [-0.2, -0.15) is 4.98 Å². The van der Waals surface area contributed by atoms with Gasteiger partial charge in [0.25, 0.3) is 0 Å². The minimum Gasteiger partial charge on any atom is -0.480 e. The van der Waals surface area contributed by atoms with Crippen molar-refractivity contribution in [3.8, 4) is 5.88 Å². The molecule has 0 amide bonds. The number of nitrogens with two attached hydrogens (primary N) is 1. The van der Waals surface area contributed by atoms with E-state index in [1.807, 2.05) is 0 Å². The second kappa shape index (κ2) is 4.32. The van der Waals surface area contributed by atoms with Gasteiger partial charge in [0.05, 0.1) is 17.8 Å². The molecular weight excluding hydrogens is 260 g/mol. The van der Waals surface area contributed by atoms with E-state index in [2.05, 4.69) is 31.2 Å². The Morgan fingerprint density at radius 3 is 2.93 bits per heavy atom. The molecule has 0 aromatic carbocycles. The predicted octanol–water partition coefficient (Wildman–Crippen LogP) is 1.15. The van der Waals surface area contributed by atoms with Crippen molar-refractivity contribution in [1.29, 1.82) is 0 Å². The topological polar surface area (TPSA) is 73.1 Å². The Kier molecular flexibility index (Phi) is 3.06. The van der Waals surface area contributed by atoms with E-state index in [4.69, 9.17) is 10.5 Å². The van der Waals surface area contributed by atoms with Crippen LogP contribution in [0.2, 0.25) is 0 Å². The monoisotopic (exact) mass is 272 g/mol. The quantitative estimate of drug-likeness (QED) is 0.864. The minimum atomic E-state index is 0.319. The molecule has 0 radical (unpaired) electrons. The molecule has 0 atom stereocenters. The molecule has 0 spiro atoms. The number of anilines is 1. The molecule has 0 unspecified atom stereocenters. The average molecular weight is 273 g/mol. The number of nitrogens with one attached hydrogen (secondary N) is 1. The third kappa shape index (κ3) is 2.38. The van der Waals surface area contributed by atoms with E-state index in [0.717, 1.165) is 17.3 Å². The average Bonchev–Trinajstić information content (AvgIpc) is 2.18. The zero-order valence-electron chi connectivity index (χ0n) is 8.40.